The molecule has 1 aromatic rings. The smallest absolute Gasteiger partial charge is 0.331 e. The van der Waals surface area contributed by atoms with Crippen molar-refractivity contribution in [3.8, 4) is 12.3 Å². The van der Waals surface area contributed by atoms with Gasteiger partial charge in [0.1, 0.15) is 12.4 Å². The number of hydrogen-bond donors (Lipinski definition) is 0. The minimum absolute atomic E-state index is 0.157. The number of halogens is 1. The fourth-order valence-electron chi connectivity index (χ4n) is 1.72. The molecule has 0 aromatic heterocycles. The van der Waals surface area contributed by atoms with Gasteiger partial charge in [0.25, 0.3) is 0 Å². The Hall–Kier alpha value is -2.12. The molecule has 0 spiro atoms. The Morgan fingerprint density at radius 2 is 2.11 bits per heavy atom. The third-order valence-corrected chi connectivity index (χ3v) is 2.51. The molecule has 0 radical (unpaired) electrons. The lowest BCUT2D eigenvalue weighted by Crippen LogP contribution is -2.18. The predicted octanol–water partition coefficient (Wildman–Crippen LogP) is 1.78. The summed E-state index contributed by atoms with van der Waals surface area (Å²) in [5, 5.41) is 0. The van der Waals surface area contributed by atoms with Crippen LogP contribution >= 0.6 is 0 Å². The van der Waals surface area contributed by atoms with Crippen molar-refractivity contribution in [1.29, 1.82) is 0 Å². The normalized spacial score (nSPS) is 18.1. The average molecular weight is 246 g/mol. The number of terminal acetylenes is 1. The summed E-state index contributed by atoms with van der Waals surface area (Å²) < 4.78 is 23.1. The van der Waals surface area contributed by atoms with Crippen molar-refractivity contribution < 1.29 is 18.7 Å². The first-order valence-electron chi connectivity index (χ1n) is 5.40. The number of rotatable bonds is 4. The quantitative estimate of drug-likeness (QED) is 0.461. The van der Waals surface area contributed by atoms with Crippen LogP contribution in [-0.2, 0) is 14.3 Å². The van der Waals surface area contributed by atoms with Crippen LogP contribution < -0.4 is 0 Å². The first-order valence-corrected chi connectivity index (χ1v) is 5.40. The van der Waals surface area contributed by atoms with Gasteiger partial charge in [-0.05, 0) is 17.7 Å². The molecule has 18 heavy (non-hydrogen) atoms. The summed E-state index contributed by atoms with van der Waals surface area (Å²) in [4.78, 5) is 11.3. The lowest BCUT2D eigenvalue weighted by Gasteiger charge is -2.14. The molecule has 1 unspecified atom stereocenters. The van der Waals surface area contributed by atoms with Gasteiger partial charge in [-0.2, -0.15) is 0 Å². The highest BCUT2D eigenvalue weighted by Crippen LogP contribution is 2.26. The summed E-state index contributed by atoms with van der Waals surface area (Å²) in [6.07, 6.45) is 5.96. The van der Waals surface area contributed by atoms with Crippen LogP contribution in [0.5, 0.6) is 0 Å². The van der Waals surface area contributed by atoms with Gasteiger partial charge in [-0.15, -0.1) is 6.42 Å². The summed E-state index contributed by atoms with van der Waals surface area (Å²) >= 11 is 0. The molecule has 1 atom stereocenters. The molecule has 0 aliphatic carbocycles. The van der Waals surface area contributed by atoms with E-state index in [4.69, 9.17) is 15.9 Å². The van der Waals surface area contributed by atoms with Crippen LogP contribution in [0.3, 0.4) is 0 Å². The van der Waals surface area contributed by atoms with E-state index in [1.54, 1.807) is 12.1 Å². The van der Waals surface area contributed by atoms with Crippen molar-refractivity contribution in [2.45, 2.75) is 6.10 Å². The van der Waals surface area contributed by atoms with E-state index < -0.39 is 12.1 Å². The van der Waals surface area contributed by atoms with E-state index in [1.165, 1.54) is 18.2 Å². The van der Waals surface area contributed by atoms with Gasteiger partial charge in [0.15, 0.2) is 6.10 Å². The fraction of sp³-hybridized carbons (Fsp3) is 0.214. The second-order valence-corrected chi connectivity index (χ2v) is 3.75. The number of esters is 1. The molecule has 0 saturated carbocycles. The summed E-state index contributed by atoms with van der Waals surface area (Å²) in [7, 11) is 0. The molecule has 4 heteroatoms. The van der Waals surface area contributed by atoms with Crippen molar-refractivity contribution in [2.24, 2.45) is 0 Å². The molecule has 0 amide bonds. The van der Waals surface area contributed by atoms with Gasteiger partial charge in [-0.1, -0.05) is 18.1 Å². The molecule has 1 aliphatic heterocycles. The van der Waals surface area contributed by atoms with Crippen molar-refractivity contribution in [3.63, 3.8) is 0 Å². The van der Waals surface area contributed by atoms with Gasteiger partial charge in [-0.25, -0.2) is 9.18 Å². The van der Waals surface area contributed by atoms with Gasteiger partial charge in [0.05, 0.1) is 6.61 Å². The second-order valence-electron chi connectivity index (χ2n) is 3.75. The van der Waals surface area contributed by atoms with Crippen LogP contribution in [-0.4, -0.2) is 25.3 Å². The summed E-state index contributed by atoms with van der Waals surface area (Å²) in [5.74, 6) is 1.58. The van der Waals surface area contributed by atoms with E-state index in [0.717, 1.165) is 5.56 Å². The Bertz CT molecular complexity index is 511. The molecule has 1 aromatic carbocycles. The average Bonchev–Trinajstić information content (AvgIpc) is 2.72. The largest absolute Gasteiger partial charge is 0.452 e. The lowest BCUT2D eigenvalue weighted by molar-refractivity contribution is -0.140. The molecule has 3 nitrogen and oxygen atoms in total. The van der Waals surface area contributed by atoms with Crippen LogP contribution in [0.1, 0.15) is 5.56 Å². The Morgan fingerprint density at radius 1 is 1.39 bits per heavy atom. The van der Waals surface area contributed by atoms with E-state index in [0.29, 0.717) is 5.57 Å². The fourth-order valence-corrected chi connectivity index (χ4v) is 1.72. The van der Waals surface area contributed by atoms with Crippen molar-refractivity contribution >= 4 is 11.5 Å². The molecule has 2 rings (SSSR count). The lowest BCUT2D eigenvalue weighted by atomic mass is 10.0. The summed E-state index contributed by atoms with van der Waals surface area (Å²) in [5.41, 5.74) is 1.41. The Morgan fingerprint density at radius 3 is 2.78 bits per heavy atom. The zero-order chi connectivity index (χ0) is 13.0. The molecular formula is C14H11FO3. The van der Waals surface area contributed by atoms with Gasteiger partial charge in [0.2, 0.25) is 0 Å². The first-order chi connectivity index (χ1) is 8.70. The van der Waals surface area contributed by atoms with Crippen LogP contribution in [0.4, 0.5) is 4.39 Å². The zero-order valence-electron chi connectivity index (χ0n) is 9.56. The Labute approximate surface area is 104 Å². The van der Waals surface area contributed by atoms with E-state index in [9.17, 15) is 9.18 Å². The van der Waals surface area contributed by atoms with E-state index >= 15 is 0 Å². The molecule has 0 fully saturated rings. The van der Waals surface area contributed by atoms with Crippen LogP contribution in [0.15, 0.2) is 30.3 Å². The molecule has 1 heterocycles. The highest BCUT2D eigenvalue weighted by molar-refractivity contribution is 5.97. The topological polar surface area (TPSA) is 35.5 Å². The van der Waals surface area contributed by atoms with Crippen molar-refractivity contribution in [2.75, 3.05) is 13.2 Å². The predicted molar refractivity (Wildman–Crippen MR) is 63.9 cm³/mol. The minimum atomic E-state index is -0.490. The van der Waals surface area contributed by atoms with E-state index in [2.05, 4.69) is 5.92 Å². The molecular weight excluding hydrogens is 235 g/mol. The van der Waals surface area contributed by atoms with Crippen molar-refractivity contribution in [3.05, 3.63) is 41.7 Å². The Balaban J connectivity index is 2.13. The summed E-state index contributed by atoms with van der Waals surface area (Å²) in [6.45, 7) is 0.351. The molecule has 92 valence electrons. The SMILES string of the molecule is C#CCOCC1OC(=O)C=C1c1ccc(F)cc1. The minimum Gasteiger partial charge on any atom is -0.452 e. The number of ether oxygens (including phenoxy) is 2. The number of benzene rings is 1. The number of carbonyl (C=O) groups is 1. The van der Waals surface area contributed by atoms with Gasteiger partial charge >= 0.3 is 5.97 Å². The maximum Gasteiger partial charge on any atom is 0.331 e. The standard InChI is InChI=1S/C14H11FO3/c1-2-7-17-9-13-12(8-14(16)18-13)10-3-5-11(15)6-4-10/h1,3-6,8,13H,7,9H2. The van der Waals surface area contributed by atoms with E-state index in [1.807, 2.05) is 0 Å². The van der Waals surface area contributed by atoms with E-state index in [-0.39, 0.29) is 19.0 Å². The number of carbonyl (C=O) groups excluding carboxylic acids is 1. The maximum absolute atomic E-state index is 12.8. The van der Waals surface area contributed by atoms with Crippen molar-refractivity contribution in [1.82, 2.24) is 0 Å². The zero-order valence-corrected chi connectivity index (χ0v) is 9.56. The molecule has 0 saturated heterocycles. The van der Waals surface area contributed by atoms with Gasteiger partial charge < -0.3 is 9.47 Å². The van der Waals surface area contributed by atoms with Gasteiger partial charge in [-0.3, -0.25) is 0 Å². The third kappa shape index (κ3) is 2.76. The summed E-state index contributed by atoms with van der Waals surface area (Å²) in [6, 6.07) is 5.85. The highest BCUT2D eigenvalue weighted by Gasteiger charge is 2.27. The maximum atomic E-state index is 12.8. The van der Waals surface area contributed by atoms with Gasteiger partial charge in [0, 0.05) is 11.6 Å². The van der Waals surface area contributed by atoms with Crippen LogP contribution in [0, 0.1) is 18.2 Å². The molecule has 0 bridgehead atoms. The molecule has 0 N–H and O–H groups in total. The van der Waals surface area contributed by atoms with Crippen LogP contribution in [0.25, 0.3) is 5.57 Å². The number of hydrogen-bond acceptors (Lipinski definition) is 3. The second kappa shape index (κ2) is 5.48. The monoisotopic (exact) mass is 246 g/mol. The highest BCUT2D eigenvalue weighted by atomic mass is 19.1. The number of cyclic esters (lactones) is 1. The third-order valence-electron chi connectivity index (χ3n) is 2.51. The van der Waals surface area contributed by atoms with Crippen LogP contribution in [0.2, 0.25) is 0 Å². The molecule has 1 aliphatic rings. The first kappa shape index (κ1) is 12.3. The Kier molecular flexibility index (Phi) is 3.75.